The van der Waals surface area contributed by atoms with Crippen LogP contribution in [0.1, 0.15) is 30.6 Å². The van der Waals surface area contributed by atoms with Crippen molar-refractivity contribution < 1.29 is 4.79 Å². The molecule has 0 atom stereocenters. The molecule has 0 aliphatic heterocycles. The van der Waals surface area contributed by atoms with Crippen molar-refractivity contribution in [3.05, 3.63) is 33.4 Å². The molecule has 0 bridgehead atoms. The second-order valence-electron chi connectivity index (χ2n) is 3.95. The van der Waals surface area contributed by atoms with Gasteiger partial charge < -0.3 is 5.32 Å². The van der Waals surface area contributed by atoms with Crippen LogP contribution in [0, 0.1) is 9.49 Å². The first-order chi connectivity index (χ1) is 7.09. The first-order valence-corrected chi connectivity index (χ1v) is 6.21. The number of rotatable bonds is 4. The highest BCUT2D eigenvalue weighted by Gasteiger charge is 2.04. The molecule has 82 valence electrons. The predicted molar refractivity (Wildman–Crippen MR) is 70.9 cm³/mol. The number of amides is 1. The maximum absolute atomic E-state index is 11.6. The van der Waals surface area contributed by atoms with Gasteiger partial charge in [-0.2, -0.15) is 0 Å². The van der Waals surface area contributed by atoms with Gasteiger partial charge in [-0.05, 0) is 59.2 Å². The van der Waals surface area contributed by atoms with Gasteiger partial charge in [0, 0.05) is 15.7 Å². The van der Waals surface area contributed by atoms with Crippen LogP contribution in [-0.4, -0.2) is 12.5 Å². The van der Waals surface area contributed by atoms with Gasteiger partial charge >= 0.3 is 0 Å². The fourth-order valence-corrected chi connectivity index (χ4v) is 1.54. The molecule has 2 nitrogen and oxygen atoms in total. The molecule has 0 heterocycles. The Morgan fingerprint density at radius 3 is 2.47 bits per heavy atom. The molecule has 0 saturated carbocycles. The number of hydrogen-bond acceptors (Lipinski definition) is 1. The average Bonchev–Trinajstić information content (AvgIpc) is 2.18. The summed E-state index contributed by atoms with van der Waals surface area (Å²) in [5.74, 6) is 0.647. The van der Waals surface area contributed by atoms with Gasteiger partial charge in [-0.1, -0.05) is 13.8 Å². The zero-order chi connectivity index (χ0) is 11.3. The summed E-state index contributed by atoms with van der Waals surface area (Å²) in [5.41, 5.74) is 0.735. The van der Waals surface area contributed by atoms with E-state index in [0.717, 1.165) is 22.1 Å². The summed E-state index contributed by atoms with van der Waals surface area (Å²) in [5, 5.41) is 2.91. The van der Waals surface area contributed by atoms with Crippen molar-refractivity contribution in [2.24, 2.45) is 5.92 Å². The van der Waals surface area contributed by atoms with Crippen LogP contribution in [0.25, 0.3) is 0 Å². The molecular weight excluding hydrogens is 301 g/mol. The fourth-order valence-electron chi connectivity index (χ4n) is 1.18. The highest BCUT2D eigenvalue weighted by molar-refractivity contribution is 14.1. The van der Waals surface area contributed by atoms with Gasteiger partial charge in [0.2, 0.25) is 0 Å². The molecule has 0 aromatic heterocycles. The van der Waals surface area contributed by atoms with Gasteiger partial charge in [-0.15, -0.1) is 0 Å². The van der Waals surface area contributed by atoms with E-state index >= 15 is 0 Å². The quantitative estimate of drug-likeness (QED) is 0.850. The van der Waals surface area contributed by atoms with Gasteiger partial charge in [-0.3, -0.25) is 4.79 Å². The summed E-state index contributed by atoms with van der Waals surface area (Å²) in [4.78, 5) is 11.6. The standard InChI is InChI=1S/C12H16INO/c1-9(2)7-8-14-12(15)10-3-5-11(13)6-4-10/h3-6,9H,7-8H2,1-2H3,(H,14,15). The fraction of sp³-hybridized carbons (Fsp3) is 0.417. The third-order valence-electron chi connectivity index (χ3n) is 2.11. The minimum absolute atomic E-state index is 0.0204. The van der Waals surface area contributed by atoms with E-state index in [-0.39, 0.29) is 5.91 Å². The Kier molecular flexibility index (Phi) is 5.08. The Balaban J connectivity index is 2.43. The van der Waals surface area contributed by atoms with E-state index in [4.69, 9.17) is 0 Å². The van der Waals surface area contributed by atoms with E-state index < -0.39 is 0 Å². The zero-order valence-corrected chi connectivity index (χ0v) is 11.2. The summed E-state index contributed by atoms with van der Waals surface area (Å²) < 4.78 is 1.14. The molecule has 1 N–H and O–H groups in total. The van der Waals surface area contributed by atoms with Crippen molar-refractivity contribution in [1.82, 2.24) is 5.32 Å². The first kappa shape index (κ1) is 12.5. The van der Waals surface area contributed by atoms with Crippen LogP contribution in [0.4, 0.5) is 0 Å². The lowest BCUT2D eigenvalue weighted by Gasteiger charge is -2.07. The maximum atomic E-state index is 11.6. The third kappa shape index (κ3) is 4.64. The van der Waals surface area contributed by atoms with Crippen LogP contribution < -0.4 is 5.32 Å². The number of nitrogens with one attached hydrogen (secondary N) is 1. The summed E-state index contributed by atoms with van der Waals surface area (Å²) in [6, 6.07) is 7.59. The lowest BCUT2D eigenvalue weighted by Crippen LogP contribution is -2.25. The molecule has 0 radical (unpaired) electrons. The SMILES string of the molecule is CC(C)CCNC(=O)c1ccc(I)cc1. The third-order valence-corrected chi connectivity index (χ3v) is 2.83. The van der Waals surface area contributed by atoms with Crippen LogP contribution in [0.2, 0.25) is 0 Å². The molecule has 0 unspecified atom stereocenters. The number of carbonyl (C=O) groups is 1. The summed E-state index contributed by atoms with van der Waals surface area (Å²) in [6.07, 6.45) is 1.02. The summed E-state index contributed by atoms with van der Waals surface area (Å²) in [6.45, 7) is 5.05. The van der Waals surface area contributed by atoms with Gasteiger partial charge in [0.05, 0.1) is 0 Å². The van der Waals surface area contributed by atoms with E-state index in [0.29, 0.717) is 5.92 Å². The van der Waals surface area contributed by atoms with E-state index in [1.807, 2.05) is 24.3 Å². The van der Waals surface area contributed by atoms with E-state index in [2.05, 4.69) is 41.8 Å². The predicted octanol–water partition coefficient (Wildman–Crippen LogP) is 3.07. The van der Waals surface area contributed by atoms with Crippen molar-refractivity contribution in [3.63, 3.8) is 0 Å². The Hall–Kier alpha value is -0.580. The molecule has 0 aliphatic carbocycles. The Bertz CT molecular complexity index is 319. The largest absolute Gasteiger partial charge is 0.352 e. The van der Waals surface area contributed by atoms with Crippen LogP contribution >= 0.6 is 22.6 Å². The second kappa shape index (κ2) is 6.10. The second-order valence-corrected chi connectivity index (χ2v) is 5.19. The summed E-state index contributed by atoms with van der Waals surface area (Å²) in [7, 11) is 0. The number of benzene rings is 1. The van der Waals surface area contributed by atoms with Crippen molar-refractivity contribution >= 4 is 28.5 Å². The Labute approximate surface area is 105 Å². The minimum Gasteiger partial charge on any atom is -0.352 e. The smallest absolute Gasteiger partial charge is 0.251 e. The average molecular weight is 317 g/mol. The molecule has 0 saturated heterocycles. The monoisotopic (exact) mass is 317 g/mol. The molecule has 1 aromatic rings. The highest BCUT2D eigenvalue weighted by atomic mass is 127. The van der Waals surface area contributed by atoms with Crippen LogP contribution in [0.5, 0.6) is 0 Å². The topological polar surface area (TPSA) is 29.1 Å². The molecule has 3 heteroatoms. The van der Waals surface area contributed by atoms with Crippen molar-refractivity contribution in [2.75, 3.05) is 6.54 Å². The molecule has 0 spiro atoms. The number of hydrogen-bond donors (Lipinski definition) is 1. The zero-order valence-electron chi connectivity index (χ0n) is 9.09. The molecule has 1 aromatic carbocycles. The van der Waals surface area contributed by atoms with Crippen molar-refractivity contribution in [3.8, 4) is 0 Å². The number of carbonyl (C=O) groups excluding carboxylic acids is 1. The maximum Gasteiger partial charge on any atom is 0.251 e. The Morgan fingerprint density at radius 2 is 1.93 bits per heavy atom. The molecule has 1 amide bonds. The van der Waals surface area contributed by atoms with E-state index in [9.17, 15) is 4.79 Å². The summed E-state index contributed by atoms with van der Waals surface area (Å²) >= 11 is 2.23. The van der Waals surface area contributed by atoms with Crippen molar-refractivity contribution in [1.29, 1.82) is 0 Å². The van der Waals surface area contributed by atoms with Gasteiger partial charge in [0.1, 0.15) is 0 Å². The minimum atomic E-state index is 0.0204. The number of halogens is 1. The van der Waals surface area contributed by atoms with Crippen LogP contribution in [0.15, 0.2) is 24.3 Å². The molecule has 15 heavy (non-hydrogen) atoms. The van der Waals surface area contributed by atoms with E-state index in [1.54, 1.807) is 0 Å². The van der Waals surface area contributed by atoms with Crippen LogP contribution in [0.3, 0.4) is 0 Å². The normalized spacial score (nSPS) is 10.4. The van der Waals surface area contributed by atoms with Gasteiger partial charge in [-0.25, -0.2) is 0 Å². The lowest BCUT2D eigenvalue weighted by atomic mass is 10.1. The van der Waals surface area contributed by atoms with Gasteiger partial charge in [0.15, 0.2) is 0 Å². The van der Waals surface area contributed by atoms with E-state index in [1.165, 1.54) is 0 Å². The first-order valence-electron chi connectivity index (χ1n) is 5.13. The molecular formula is C12H16INO. The van der Waals surface area contributed by atoms with Crippen molar-refractivity contribution in [2.45, 2.75) is 20.3 Å². The van der Waals surface area contributed by atoms with Crippen LogP contribution in [-0.2, 0) is 0 Å². The highest BCUT2D eigenvalue weighted by Crippen LogP contribution is 2.06. The molecule has 1 rings (SSSR count). The Morgan fingerprint density at radius 1 is 1.33 bits per heavy atom. The molecule has 0 fully saturated rings. The molecule has 0 aliphatic rings. The lowest BCUT2D eigenvalue weighted by molar-refractivity contribution is 0.0952. The van der Waals surface area contributed by atoms with Gasteiger partial charge in [0.25, 0.3) is 5.91 Å².